The maximum Gasteiger partial charge on any atom is -0.0244 e. The lowest BCUT2D eigenvalue weighted by atomic mass is 10.1. The minimum absolute atomic E-state index is 1.15. The van der Waals surface area contributed by atoms with Crippen molar-refractivity contribution in [3.63, 3.8) is 0 Å². The van der Waals surface area contributed by atoms with Gasteiger partial charge >= 0.3 is 0 Å². The van der Waals surface area contributed by atoms with Gasteiger partial charge in [0.1, 0.15) is 0 Å². The second-order valence-corrected chi connectivity index (χ2v) is 3.40. The van der Waals surface area contributed by atoms with Crippen molar-refractivity contribution >= 4 is 0 Å². The third kappa shape index (κ3) is 3.93. The molecule has 1 aromatic rings. The van der Waals surface area contributed by atoms with Crippen molar-refractivity contribution in [2.24, 2.45) is 0 Å². The summed E-state index contributed by atoms with van der Waals surface area (Å²) in [6, 6.07) is 8.79. The van der Waals surface area contributed by atoms with Gasteiger partial charge in [-0.1, -0.05) is 48.9 Å². The zero-order valence-corrected chi connectivity index (χ0v) is 8.59. The molecule has 0 unspecified atom stereocenters. The van der Waals surface area contributed by atoms with Gasteiger partial charge in [-0.15, -0.1) is 0 Å². The Morgan fingerprint density at radius 2 is 1.77 bits per heavy atom. The molecule has 1 aromatic carbocycles. The number of hydrogen-bond donors (Lipinski definition) is 0. The van der Waals surface area contributed by atoms with Gasteiger partial charge in [0.05, 0.1) is 0 Å². The Morgan fingerprint density at radius 3 is 2.38 bits per heavy atom. The summed E-state index contributed by atoms with van der Waals surface area (Å²) in [6.45, 7) is 4.29. The molecular formula is C13H18. The van der Waals surface area contributed by atoms with Crippen LogP contribution in [0.25, 0.3) is 0 Å². The SMILES string of the molecule is CC/C=C/CCc1ccc(C)cc1. The molecule has 0 aliphatic carbocycles. The molecule has 0 radical (unpaired) electrons. The van der Waals surface area contributed by atoms with Crippen molar-refractivity contribution in [3.8, 4) is 0 Å². The van der Waals surface area contributed by atoms with Crippen LogP contribution in [0.4, 0.5) is 0 Å². The Morgan fingerprint density at radius 1 is 1.08 bits per heavy atom. The zero-order valence-electron chi connectivity index (χ0n) is 8.59. The first-order valence-corrected chi connectivity index (χ1v) is 5.03. The van der Waals surface area contributed by atoms with Crippen LogP contribution >= 0.6 is 0 Å². The first-order chi connectivity index (χ1) is 6.33. The van der Waals surface area contributed by atoms with E-state index in [0.29, 0.717) is 0 Å². The van der Waals surface area contributed by atoms with Gasteiger partial charge in [0.15, 0.2) is 0 Å². The minimum Gasteiger partial charge on any atom is -0.0888 e. The quantitative estimate of drug-likeness (QED) is 0.607. The molecule has 0 atom stereocenters. The minimum atomic E-state index is 1.15. The predicted molar refractivity (Wildman–Crippen MR) is 58.9 cm³/mol. The van der Waals surface area contributed by atoms with Crippen molar-refractivity contribution in [2.75, 3.05) is 0 Å². The molecule has 0 nitrogen and oxygen atoms in total. The van der Waals surface area contributed by atoms with Crippen molar-refractivity contribution in [1.29, 1.82) is 0 Å². The molecule has 0 heterocycles. The molecule has 0 aliphatic rings. The molecule has 0 amide bonds. The molecule has 1 rings (SSSR count). The summed E-state index contributed by atoms with van der Waals surface area (Å²) in [5, 5.41) is 0. The van der Waals surface area contributed by atoms with Crippen molar-refractivity contribution < 1.29 is 0 Å². The summed E-state index contributed by atoms with van der Waals surface area (Å²) in [5.41, 5.74) is 2.78. The van der Waals surface area contributed by atoms with E-state index in [4.69, 9.17) is 0 Å². The lowest BCUT2D eigenvalue weighted by Crippen LogP contribution is -1.82. The van der Waals surface area contributed by atoms with E-state index in [1.54, 1.807) is 0 Å². The molecular weight excluding hydrogens is 156 g/mol. The average molecular weight is 174 g/mol. The van der Waals surface area contributed by atoms with E-state index in [2.05, 4.69) is 50.3 Å². The molecule has 0 saturated carbocycles. The first kappa shape index (κ1) is 10.0. The van der Waals surface area contributed by atoms with E-state index >= 15 is 0 Å². The average Bonchev–Trinajstić information content (AvgIpc) is 2.15. The molecule has 0 saturated heterocycles. The maximum absolute atomic E-state index is 2.26. The Bertz CT molecular complexity index is 254. The highest BCUT2D eigenvalue weighted by atomic mass is 14.0. The Balaban J connectivity index is 2.37. The van der Waals surface area contributed by atoms with Gasteiger partial charge in [0, 0.05) is 0 Å². The normalized spacial score (nSPS) is 10.9. The first-order valence-electron chi connectivity index (χ1n) is 5.03. The van der Waals surface area contributed by atoms with Gasteiger partial charge < -0.3 is 0 Å². The van der Waals surface area contributed by atoms with E-state index in [-0.39, 0.29) is 0 Å². The number of hydrogen-bond acceptors (Lipinski definition) is 0. The summed E-state index contributed by atoms with van der Waals surface area (Å²) < 4.78 is 0. The Kier molecular flexibility index (Phi) is 4.31. The van der Waals surface area contributed by atoms with Crippen LogP contribution in [0.2, 0.25) is 0 Å². The summed E-state index contributed by atoms with van der Waals surface area (Å²) in [5.74, 6) is 0. The van der Waals surface area contributed by atoms with Gasteiger partial charge in [-0.2, -0.15) is 0 Å². The summed E-state index contributed by atoms with van der Waals surface area (Å²) >= 11 is 0. The monoisotopic (exact) mass is 174 g/mol. The second kappa shape index (κ2) is 5.58. The number of aryl methyl sites for hydroxylation is 2. The molecule has 0 fully saturated rings. The van der Waals surface area contributed by atoms with E-state index in [1.807, 2.05) is 0 Å². The molecule has 70 valence electrons. The van der Waals surface area contributed by atoms with Crippen LogP contribution in [0.5, 0.6) is 0 Å². The van der Waals surface area contributed by atoms with E-state index in [1.165, 1.54) is 11.1 Å². The third-order valence-corrected chi connectivity index (χ3v) is 2.12. The highest BCUT2D eigenvalue weighted by Crippen LogP contribution is 2.06. The van der Waals surface area contributed by atoms with Gasteiger partial charge in [0.25, 0.3) is 0 Å². The topological polar surface area (TPSA) is 0 Å². The largest absolute Gasteiger partial charge is 0.0888 e. The molecule has 0 aliphatic heterocycles. The molecule has 0 aromatic heterocycles. The summed E-state index contributed by atoms with van der Waals surface area (Å²) in [7, 11) is 0. The van der Waals surface area contributed by atoms with E-state index in [9.17, 15) is 0 Å². The zero-order chi connectivity index (χ0) is 9.52. The highest BCUT2D eigenvalue weighted by molar-refractivity contribution is 5.21. The van der Waals surface area contributed by atoms with E-state index in [0.717, 1.165) is 19.3 Å². The second-order valence-electron chi connectivity index (χ2n) is 3.40. The number of benzene rings is 1. The maximum atomic E-state index is 2.26. The van der Waals surface area contributed by atoms with Crippen molar-refractivity contribution in [3.05, 3.63) is 47.5 Å². The predicted octanol–water partition coefficient (Wildman–Crippen LogP) is 3.89. The highest BCUT2D eigenvalue weighted by Gasteiger charge is 1.89. The fourth-order valence-corrected chi connectivity index (χ4v) is 1.29. The van der Waals surface area contributed by atoms with E-state index < -0.39 is 0 Å². The lowest BCUT2D eigenvalue weighted by Gasteiger charge is -1.98. The van der Waals surface area contributed by atoms with Crippen LogP contribution in [0.3, 0.4) is 0 Å². The van der Waals surface area contributed by atoms with Gasteiger partial charge in [-0.05, 0) is 31.7 Å². The van der Waals surface area contributed by atoms with Crippen LogP contribution in [-0.4, -0.2) is 0 Å². The van der Waals surface area contributed by atoms with Crippen LogP contribution in [0.15, 0.2) is 36.4 Å². The fourth-order valence-electron chi connectivity index (χ4n) is 1.29. The standard InChI is InChI=1S/C13H18/c1-3-4-5-6-7-13-10-8-12(2)9-11-13/h4-5,8-11H,3,6-7H2,1-2H3/b5-4+. The van der Waals surface area contributed by atoms with Crippen molar-refractivity contribution in [2.45, 2.75) is 33.1 Å². The van der Waals surface area contributed by atoms with Crippen molar-refractivity contribution in [1.82, 2.24) is 0 Å². The lowest BCUT2D eigenvalue weighted by molar-refractivity contribution is 0.991. The molecule has 0 bridgehead atoms. The third-order valence-electron chi connectivity index (χ3n) is 2.12. The van der Waals surface area contributed by atoms with Crippen LogP contribution in [-0.2, 0) is 6.42 Å². The number of allylic oxidation sites excluding steroid dienone is 2. The molecule has 0 N–H and O–H groups in total. The Hall–Kier alpha value is -1.04. The van der Waals surface area contributed by atoms with Crippen LogP contribution in [0.1, 0.15) is 30.9 Å². The van der Waals surface area contributed by atoms with Crippen LogP contribution < -0.4 is 0 Å². The van der Waals surface area contributed by atoms with Gasteiger partial charge in [-0.25, -0.2) is 0 Å². The smallest absolute Gasteiger partial charge is 0.0244 e. The number of rotatable bonds is 4. The Labute approximate surface area is 81.3 Å². The molecule has 0 spiro atoms. The van der Waals surface area contributed by atoms with Gasteiger partial charge in [-0.3, -0.25) is 0 Å². The van der Waals surface area contributed by atoms with Crippen LogP contribution in [0, 0.1) is 6.92 Å². The van der Waals surface area contributed by atoms with Gasteiger partial charge in [0.2, 0.25) is 0 Å². The summed E-state index contributed by atoms with van der Waals surface area (Å²) in [4.78, 5) is 0. The fraction of sp³-hybridized carbons (Fsp3) is 0.385. The summed E-state index contributed by atoms with van der Waals surface area (Å²) in [6.07, 6.45) is 7.97. The molecule has 0 heteroatoms. The molecule has 13 heavy (non-hydrogen) atoms.